The zero-order valence-electron chi connectivity index (χ0n) is 14.9. The van der Waals surface area contributed by atoms with Gasteiger partial charge in [-0.2, -0.15) is 0 Å². The summed E-state index contributed by atoms with van der Waals surface area (Å²) in [6.45, 7) is 6.14. The highest BCUT2D eigenvalue weighted by molar-refractivity contribution is 7.14. The molecule has 5 heteroatoms. The zero-order valence-corrected chi connectivity index (χ0v) is 15.8. The summed E-state index contributed by atoms with van der Waals surface area (Å²) in [5.74, 6) is 0.311. The molecule has 4 nitrogen and oxygen atoms in total. The molecular formula is C20H24N2O2S. The lowest BCUT2D eigenvalue weighted by molar-refractivity contribution is -0.115. The Kier molecular flexibility index (Phi) is 5.23. The van der Waals surface area contributed by atoms with Crippen LogP contribution in [0.4, 0.5) is 5.69 Å². The van der Waals surface area contributed by atoms with E-state index in [1.165, 1.54) is 16.9 Å². The van der Waals surface area contributed by atoms with Crippen LogP contribution in [0.15, 0.2) is 24.3 Å². The molecule has 0 saturated carbocycles. The molecule has 1 aliphatic rings. The maximum atomic E-state index is 12.4. The SMILES string of the molecule is Cc1cccc(C)c1NC(=O)CNC(=O)c1cc2c(s1)CC[C@H](C)C2. The number of carbonyl (C=O) groups is 2. The molecule has 132 valence electrons. The molecule has 1 heterocycles. The third-order valence-electron chi connectivity index (χ3n) is 4.71. The smallest absolute Gasteiger partial charge is 0.261 e. The van der Waals surface area contributed by atoms with Gasteiger partial charge in [0.1, 0.15) is 0 Å². The number of amides is 2. The monoisotopic (exact) mass is 356 g/mol. The Morgan fingerprint density at radius 2 is 1.96 bits per heavy atom. The highest BCUT2D eigenvalue weighted by atomic mass is 32.1. The lowest BCUT2D eigenvalue weighted by atomic mass is 9.90. The molecule has 1 aliphatic carbocycles. The molecule has 2 aromatic rings. The van der Waals surface area contributed by atoms with Gasteiger partial charge in [0, 0.05) is 10.6 Å². The fraction of sp³-hybridized carbons (Fsp3) is 0.400. The van der Waals surface area contributed by atoms with Gasteiger partial charge in [-0.25, -0.2) is 0 Å². The van der Waals surface area contributed by atoms with Gasteiger partial charge in [0.2, 0.25) is 5.91 Å². The molecule has 25 heavy (non-hydrogen) atoms. The summed E-state index contributed by atoms with van der Waals surface area (Å²) in [4.78, 5) is 26.6. The van der Waals surface area contributed by atoms with Gasteiger partial charge >= 0.3 is 0 Å². The summed E-state index contributed by atoms with van der Waals surface area (Å²) in [5, 5.41) is 5.63. The normalized spacial score (nSPS) is 16.2. The second kappa shape index (κ2) is 7.40. The lowest BCUT2D eigenvalue weighted by Gasteiger charge is -2.16. The molecule has 0 spiro atoms. The first-order chi connectivity index (χ1) is 11.9. The Morgan fingerprint density at radius 3 is 2.68 bits per heavy atom. The van der Waals surface area contributed by atoms with Crippen molar-refractivity contribution < 1.29 is 9.59 Å². The average molecular weight is 356 g/mol. The third-order valence-corrected chi connectivity index (χ3v) is 5.94. The zero-order chi connectivity index (χ0) is 18.0. The number of nitrogens with one attached hydrogen (secondary N) is 2. The summed E-state index contributed by atoms with van der Waals surface area (Å²) in [7, 11) is 0. The number of hydrogen-bond donors (Lipinski definition) is 2. The molecule has 0 unspecified atom stereocenters. The van der Waals surface area contributed by atoms with Crippen molar-refractivity contribution in [1.29, 1.82) is 0 Å². The van der Waals surface area contributed by atoms with E-state index in [1.807, 2.05) is 38.1 Å². The van der Waals surface area contributed by atoms with Crippen LogP contribution in [0.1, 0.15) is 44.6 Å². The summed E-state index contributed by atoms with van der Waals surface area (Å²) >= 11 is 1.56. The number of aryl methyl sites for hydroxylation is 3. The van der Waals surface area contributed by atoms with E-state index in [1.54, 1.807) is 11.3 Å². The maximum Gasteiger partial charge on any atom is 0.261 e. The number of carbonyl (C=O) groups excluding carboxylic acids is 2. The van der Waals surface area contributed by atoms with Gasteiger partial charge in [0.05, 0.1) is 11.4 Å². The Morgan fingerprint density at radius 1 is 1.24 bits per heavy atom. The molecule has 0 aliphatic heterocycles. The van der Waals surface area contributed by atoms with Crippen LogP contribution in [0.2, 0.25) is 0 Å². The van der Waals surface area contributed by atoms with E-state index in [0.29, 0.717) is 10.8 Å². The summed E-state index contributed by atoms with van der Waals surface area (Å²) in [6, 6.07) is 7.87. The van der Waals surface area contributed by atoms with Crippen molar-refractivity contribution in [2.24, 2.45) is 5.92 Å². The van der Waals surface area contributed by atoms with Crippen molar-refractivity contribution in [3.05, 3.63) is 50.7 Å². The summed E-state index contributed by atoms with van der Waals surface area (Å²) in [5.41, 5.74) is 4.15. The second-order valence-electron chi connectivity index (χ2n) is 6.90. The van der Waals surface area contributed by atoms with Crippen LogP contribution in [0.5, 0.6) is 0 Å². The van der Waals surface area contributed by atoms with E-state index >= 15 is 0 Å². The molecular weight excluding hydrogens is 332 g/mol. The first kappa shape index (κ1) is 17.7. The number of thiophene rings is 1. The van der Waals surface area contributed by atoms with Gasteiger partial charge in [-0.15, -0.1) is 11.3 Å². The number of fused-ring (bicyclic) bond motifs is 1. The predicted octanol–water partition coefficient (Wildman–Crippen LogP) is 3.86. The van der Waals surface area contributed by atoms with E-state index < -0.39 is 0 Å². The van der Waals surface area contributed by atoms with Crippen LogP contribution in [-0.4, -0.2) is 18.4 Å². The molecule has 2 amide bonds. The van der Waals surface area contributed by atoms with E-state index in [0.717, 1.165) is 29.7 Å². The maximum absolute atomic E-state index is 12.4. The summed E-state index contributed by atoms with van der Waals surface area (Å²) in [6.07, 6.45) is 3.29. The molecule has 1 aromatic carbocycles. The van der Waals surface area contributed by atoms with Crippen LogP contribution in [0.25, 0.3) is 0 Å². The first-order valence-corrected chi connectivity index (χ1v) is 9.51. The van der Waals surface area contributed by atoms with Crippen LogP contribution in [-0.2, 0) is 17.6 Å². The molecule has 1 aromatic heterocycles. The predicted molar refractivity (Wildman–Crippen MR) is 102 cm³/mol. The van der Waals surface area contributed by atoms with E-state index in [-0.39, 0.29) is 18.4 Å². The average Bonchev–Trinajstić information content (AvgIpc) is 2.99. The Hall–Kier alpha value is -2.14. The molecule has 0 bridgehead atoms. The van der Waals surface area contributed by atoms with Crippen molar-refractivity contribution in [3.63, 3.8) is 0 Å². The van der Waals surface area contributed by atoms with E-state index in [2.05, 4.69) is 17.6 Å². The van der Waals surface area contributed by atoms with Crippen molar-refractivity contribution in [2.75, 3.05) is 11.9 Å². The van der Waals surface area contributed by atoms with Crippen molar-refractivity contribution in [1.82, 2.24) is 5.32 Å². The quantitative estimate of drug-likeness (QED) is 0.874. The van der Waals surface area contributed by atoms with Crippen LogP contribution < -0.4 is 10.6 Å². The van der Waals surface area contributed by atoms with Gasteiger partial charge in [0.15, 0.2) is 0 Å². The van der Waals surface area contributed by atoms with Gasteiger partial charge < -0.3 is 10.6 Å². The van der Waals surface area contributed by atoms with Gasteiger partial charge in [-0.1, -0.05) is 25.1 Å². The number of benzene rings is 1. The van der Waals surface area contributed by atoms with Gasteiger partial charge in [-0.3, -0.25) is 9.59 Å². The molecule has 0 radical (unpaired) electrons. The van der Waals surface area contributed by atoms with Crippen LogP contribution >= 0.6 is 11.3 Å². The fourth-order valence-electron chi connectivity index (χ4n) is 3.26. The Labute approximate surface area is 152 Å². The highest BCUT2D eigenvalue weighted by Crippen LogP contribution is 2.32. The molecule has 2 N–H and O–H groups in total. The lowest BCUT2D eigenvalue weighted by Crippen LogP contribution is -2.32. The van der Waals surface area contributed by atoms with E-state index in [4.69, 9.17) is 0 Å². The third kappa shape index (κ3) is 4.10. The Balaban J connectivity index is 1.58. The van der Waals surface area contributed by atoms with Crippen LogP contribution in [0, 0.1) is 19.8 Å². The minimum atomic E-state index is -0.208. The molecule has 3 rings (SSSR count). The summed E-state index contributed by atoms with van der Waals surface area (Å²) < 4.78 is 0. The number of rotatable bonds is 4. The highest BCUT2D eigenvalue weighted by Gasteiger charge is 2.21. The largest absolute Gasteiger partial charge is 0.342 e. The van der Waals surface area contributed by atoms with Gasteiger partial charge in [-0.05, 0) is 61.8 Å². The van der Waals surface area contributed by atoms with Crippen molar-refractivity contribution >= 4 is 28.8 Å². The minimum absolute atomic E-state index is 0.0222. The first-order valence-electron chi connectivity index (χ1n) is 8.70. The number of anilines is 1. The topological polar surface area (TPSA) is 58.2 Å². The number of para-hydroxylation sites is 1. The standard InChI is InChI=1S/C20H24N2O2S/c1-12-7-8-16-15(9-12)10-17(25-16)20(24)21-11-18(23)22-19-13(2)5-4-6-14(19)3/h4-6,10,12H,7-9,11H2,1-3H3,(H,21,24)(H,22,23)/t12-/m0/s1. The van der Waals surface area contributed by atoms with Crippen molar-refractivity contribution in [2.45, 2.75) is 40.0 Å². The fourth-order valence-corrected chi connectivity index (χ4v) is 4.39. The van der Waals surface area contributed by atoms with E-state index in [9.17, 15) is 9.59 Å². The Bertz CT molecular complexity index is 790. The van der Waals surface area contributed by atoms with Crippen molar-refractivity contribution in [3.8, 4) is 0 Å². The van der Waals surface area contributed by atoms with Crippen LogP contribution in [0.3, 0.4) is 0 Å². The molecule has 1 atom stereocenters. The molecule has 0 saturated heterocycles. The minimum Gasteiger partial charge on any atom is -0.342 e. The molecule has 0 fully saturated rings. The van der Waals surface area contributed by atoms with Gasteiger partial charge in [0.25, 0.3) is 5.91 Å². The second-order valence-corrected chi connectivity index (χ2v) is 8.04. The number of hydrogen-bond acceptors (Lipinski definition) is 3.